The summed E-state index contributed by atoms with van der Waals surface area (Å²) in [5.41, 5.74) is 9.69. The molecule has 0 fully saturated rings. The highest BCUT2D eigenvalue weighted by atomic mass is 15.1. The van der Waals surface area contributed by atoms with Crippen LogP contribution in [0, 0.1) is 0 Å². The van der Waals surface area contributed by atoms with E-state index < -0.39 is 0 Å². The van der Waals surface area contributed by atoms with E-state index in [2.05, 4.69) is 36.2 Å². The second-order valence-electron chi connectivity index (χ2n) is 5.26. The van der Waals surface area contributed by atoms with E-state index in [0.717, 1.165) is 18.1 Å². The zero-order chi connectivity index (χ0) is 14.7. The maximum atomic E-state index is 6.29. The Bertz CT molecular complexity index is 702. The predicted octanol–water partition coefficient (Wildman–Crippen LogP) is 3.67. The third kappa shape index (κ3) is 2.82. The smallest absolute Gasteiger partial charge is 0.127 e. The van der Waals surface area contributed by atoms with Crippen molar-refractivity contribution >= 4 is 5.82 Å². The number of imidazole rings is 1. The van der Waals surface area contributed by atoms with Crippen molar-refractivity contribution < 1.29 is 0 Å². The third-order valence-electron chi connectivity index (χ3n) is 3.81. The lowest BCUT2D eigenvalue weighted by Crippen LogP contribution is -2.06. The van der Waals surface area contributed by atoms with Gasteiger partial charge >= 0.3 is 0 Å². The first-order chi connectivity index (χ1) is 10.3. The van der Waals surface area contributed by atoms with Gasteiger partial charge in [0.15, 0.2) is 0 Å². The maximum Gasteiger partial charge on any atom is 0.127 e. The molecule has 1 atom stereocenters. The van der Waals surface area contributed by atoms with E-state index in [9.17, 15) is 0 Å². The summed E-state index contributed by atoms with van der Waals surface area (Å²) in [5.74, 6) is 0.943. The van der Waals surface area contributed by atoms with Crippen LogP contribution in [0.4, 0.5) is 5.82 Å². The normalized spacial score (nSPS) is 12.2. The van der Waals surface area contributed by atoms with Crippen molar-refractivity contribution in [3.63, 3.8) is 0 Å². The quantitative estimate of drug-likeness (QED) is 0.790. The van der Waals surface area contributed by atoms with Crippen molar-refractivity contribution in [1.82, 2.24) is 9.55 Å². The van der Waals surface area contributed by atoms with Gasteiger partial charge in [0, 0.05) is 5.92 Å². The van der Waals surface area contributed by atoms with Gasteiger partial charge in [-0.3, -0.25) is 0 Å². The minimum atomic E-state index is 0.197. The van der Waals surface area contributed by atoms with Gasteiger partial charge in [-0.25, -0.2) is 4.98 Å². The first kappa shape index (κ1) is 13.4. The van der Waals surface area contributed by atoms with Gasteiger partial charge in [0.2, 0.25) is 0 Å². The Kier molecular flexibility index (Phi) is 3.73. The van der Waals surface area contributed by atoms with Crippen molar-refractivity contribution in [3.05, 3.63) is 83.8 Å². The first-order valence-corrected chi connectivity index (χ1v) is 7.15. The first-order valence-electron chi connectivity index (χ1n) is 7.15. The van der Waals surface area contributed by atoms with Crippen LogP contribution < -0.4 is 5.73 Å². The molecule has 0 spiro atoms. The van der Waals surface area contributed by atoms with Crippen LogP contribution in [0.15, 0.2) is 67.0 Å². The molecule has 0 saturated heterocycles. The molecule has 1 unspecified atom stereocenters. The molecule has 2 aromatic carbocycles. The van der Waals surface area contributed by atoms with E-state index >= 15 is 0 Å². The Hall–Kier alpha value is -2.55. The monoisotopic (exact) mass is 277 g/mol. The zero-order valence-electron chi connectivity index (χ0n) is 12.1. The molecular weight excluding hydrogens is 258 g/mol. The summed E-state index contributed by atoms with van der Waals surface area (Å²) in [6, 6.07) is 20.6. The van der Waals surface area contributed by atoms with E-state index in [1.54, 1.807) is 0 Å². The molecule has 106 valence electrons. The minimum Gasteiger partial charge on any atom is -0.384 e. The van der Waals surface area contributed by atoms with E-state index in [1.807, 2.05) is 47.3 Å². The molecule has 0 aliphatic rings. The Morgan fingerprint density at radius 1 is 1.00 bits per heavy atom. The molecule has 2 N–H and O–H groups in total. The summed E-state index contributed by atoms with van der Waals surface area (Å²) in [5, 5.41) is 0. The fraction of sp³-hybridized carbons (Fsp3) is 0.167. The number of nitrogens with zero attached hydrogens (tertiary/aromatic N) is 2. The molecule has 0 aliphatic heterocycles. The standard InChI is InChI=1S/C18H19N3/c1-14(16-10-6-3-7-11-16)17-18(19)21(13-20-17)12-15-8-4-2-5-9-15/h2-11,13-14H,12,19H2,1H3. The average molecular weight is 277 g/mol. The summed E-state index contributed by atoms with van der Waals surface area (Å²) < 4.78 is 2.00. The van der Waals surface area contributed by atoms with E-state index in [0.29, 0.717) is 0 Å². The van der Waals surface area contributed by atoms with Crippen LogP contribution in [-0.4, -0.2) is 9.55 Å². The van der Waals surface area contributed by atoms with Gasteiger partial charge in [-0.15, -0.1) is 0 Å². The van der Waals surface area contributed by atoms with Crippen molar-refractivity contribution in [2.75, 3.05) is 5.73 Å². The van der Waals surface area contributed by atoms with Crippen LogP contribution in [0.3, 0.4) is 0 Å². The molecule has 1 aromatic heterocycles. The number of aromatic nitrogens is 2. The van der Waals surface area contributed by atoms with E-state index in [1.165, 1.54) is 11.1 Å². The largest absolute Gasteiger partial charge is 0.384 e. The number of nitrogen functional groups attached to an aromatic ring is 1. The van der Waals surface area contributed by atoms with Gasteiger partial charge in [-0.05, 0) is 11.1 Å². The summed E-state index contributed by atoms with van der Waals surface area (Å²) in [6.07, 6.45) is 1.83. The topological polar surface area (TPSA) is 43.8 Å². The van der Waals surface area contributed by atoms with Crippen molar-refractivity contribution in [1.29, 1.82) is 0 Å². The number of nitrogens with two attached hydrogens (primary N) is 1. The predicted molar refractivity (Wildman–Crippen MR) is 86.1 cm³/mol. The molecule has 0 radical (unpaired) electrons. The van der Waals surface area contributed by atoms with Crippen molar-refractivity contribution in [2.45, 2.75) is 19.4 Å². The lowest BCUT2D eigenvalue weighted by atomic mass is 9.98. The van der Waals surface area contributed by atoms with E-state index in [-0.39, 0.29) is 5.92 Å². The van der Waals surface area contributed by atoms with E-state index in [4.69, 9.17) is 5.73 Å². The lowest BCUT2D eigenvalue weighted by molar-refractivity contribution is 0.806. The van der Waals surface area contributed by atoms with Crippen molar-refractivity contribution in [2.24, 2.45) is 0 Å². The molecule has 3 heteroatoms. The van der Waals surface area contributed by atoms with Gasteiger partial charge in [0.25, 0.3) is 0 Å². The highest BCUT2D eigenvalue weighted by molar-refractivity contribution is 5.43. The average Bonchev–Trinajstić information content (AvgIpc) is 2.89. The van der Waals surface area contributed by atoms with Gasteiger partial charge in [-0.1, -0.05) is 67.6 Å². The molecule has 0 aliphatic carbocycles. The highest BCUT2D eigenvalue weighted by Crippen LogP contribution is 2.27. The summed E-state index contributed by atoms with van der Waals surface area (Å²) >= 11 is 0. The summed E-state index contributed by atoms with van der Waals surface area (Å²) in [4.78, 5) is 4.53. The Morgan fingerprint density at radius 2 is 1.62 bits per heavy atom. The van der Waals surface area contributed by atoms with Gasteiger partial charge in [0.1, 0.15) is 5.82 Å². The highest BCUT2D eigenvalue weighted by Gasteiger charge is 2.16. The Morgan fingerprint density at radius 3 is 2.29 bits per heavy atom. The molecule has 3 nitrogen and oxygen atoms in total. The fourth-order valence-electron chi connectivity index (χ4n) is 2.55. The molecule has 1 heterocycles. The molecule has 21 heavy (non-hydrogen) atoms. The molecular formula is C18H19N3. The molecule has 3 aromatic rings. The maximum absolute atomic E-state index is 6.29. The second-order valence-corrected chi connectivity index (χ2v) is 5.26. The number of hydrogen-bond donors (Lipinski definition) is 1. The number of hydrogen-bond acceptors (Lipinski definition) is 2. The molecule has 0 bridgehead atoms. The minimum absolute atomic E-state index is 0.197. The second kappa shape index (κ2) is 5.83. The van der Waals surface area contributed by atoms with Crippen molar-refractivity contribution in [3.8, 4) is 0 Å². The van der Waals surface area contributed by atoms with Crippen LogP contribution in [0.2, 0.25) is 0 Å². The Balaban J connectivity index is 1.86. The van der Waals surface area contributed by atoms with Crippen LogP contribution in [0.25, 0.3) is 0 Å². The third-order valence-corrected chi connectivity index (χ3v) is 3.81. The summed E-state index contributed by atoms with van der Waals surface area (Å²) in [6.45, 7) is 2.89. The molecule has 0 saturated carbocycles. The fourth-order valence-corrected chi connectivity index (χ4v) is 2.55. The number of anilines is 1. The zero-order valence-corrected chi connectivity index (χ0v) is 12.1. The Labute approximate surface area is 125 Å². The molecule has 0 amide bonds. The van der Waals surface area contributed by atoms with Gasteiger partial charge in [0.05, 0.1) is 18.6 Å². The van der Waals surface area contributed by atoms with Crippen LogP contribution >= 0.6 is 0 Å². The number of benzene rings is 2. The van der Waals surface area contributed by atoms with Gasteiger partial charge < -0.3 is 10.3 Å². The van der Waals surface area contributed by atoms with Crippen LogP contribution in [0.1, 0.15) is 29.7 Å². The van der Waals surface area contributed by atoms with Crippen LogP contribution in [0.5, 0.6) is 0 Å². The number of rotatable bonds is 4. The summed E-state index contributed by atoms with van der Waals surface area (Å²) in [7, 11) is 0. The SMILES string of the molecule is CC(c1ccccc1)c1ncn(Cc2ccccc2)c1N. The lowest BCUT2D eigenvalue weighted by Gasteiger charge is -2.11. The molecule has 3 rings (SSSR count). The van der Waals surface area contributed by atoms with Crippen LogP contribution in [-0.2, 0) is 6.54 Å². The van der Waals surface area contributed by atoms with Gasteiger partial charge in [-0.2, -0.15) is 0 Å².